The summed E-state index contributed by atoms with van der Waals surface area (Å²) >= 11 is 0. The number of methoxy groups -OCH3 is 1. The predicted octanol–water partition coefficient (Wildman–Crippen LogP) is 9.37. The van der Waals surface area contributed by atoms with E-state index in [0.29, 0.717) is 55.2 Å². The number of amides is 2. The number of hydrogen-bond acceptors (Lipinski definition) is 7. The van der Waals surface area contributed by atoms with Gasteiger partial charge in [0.2, 0.25) is 0 Å². The van der Waals surface area contributed by atoms with Gasteiger partial charge in [0.1, 0.15) is 5.75 Å². The summed E-state index contributed by atoms with van der Waals surface area (Å²) < 4.78 is 18.0. The number of unbranched alkanes of at least 4 members (excludes halogenated alkanes) is 2. The summed E-state index contributed by atoms with van der Waals surface area (Å²) in [7, 11) is 1.57. The Morgan fingerprint density at radius 2 is 1.52 bits per heavy atom. The third kappa shape index (κ3) is 11.9. The molecule has 4 aromatic carbocycles. The topological polar surface area (TPSA) is 97.7 Å². The summed E-state index contributed by atoms with van der Waals surface area (Å²) in [6.07, 6.45) is 13.8. The number of carbonyl (C=O) groups excluding carboxylic acids is 3. The zero-order valence-corrected chi connectivity index (χ0v) is 44.4. The number of nitrogens with zero attached hydrogens (tertiary/aromatic N) is 3. The van der Waals surface area contributed by atoms with E-state index in [0.717, 1.165) is 71.2 Å². The van der Waals surface area contributed by atoms with Gasteiger partial charge in [-0.05, 0) is 72.2 Å². The quantitative estimate of drug-likeness (QED) is 0.104. The monoisotopic (exact) mass is 1270 g/mol. The van der Waals surface area contributed by atoms with Gasteiger partial charge in [0, 0.05) is 134 Å². The van der Waals surface area contributed by atoms with Crippen LogP contribution >= 0.6 is 0 Å². The second-order valence-corrected chi connectivity index (χ2v) is 14.3. The molecular weight excluding hydrogens is 1230 g/mol. The van der Waals surface area contributed by atoms with Crippen molar-refractivity contribution in [3.63, 3.8) is 0 Å². The van der Waals surface area contributed by atoms with E-state index in [1.807, 2.05) is 72.9 Å². The molecule has 1 radical (unpaired) electrons. The summed E-state index contributed by atoms with van der Waals surface area (Å²) in [4.78, 5) is 45.1. The SMILES string of the molecule is COc1cc2c(cc1OCCCOc1cc3c(cc1C)C(=O)N1C=C(c4cc[c-]cc4)C[C@H]1CC3)N=C[C@@H]1CC(c3ccccc3)=CN1C2=O.[CH2-]CCC[C-]=O.[CH3-].[U].[W].[Y]. The third-order valence-electron chi connectivity index (χ3n) is 10.5. The Hall–Kier alpha value is -3.12. The average Bonchev–Trinajstić information content (AvgIpc) is 3.81. The van der Waals surface area contributed by atoms with Crippen LogP contribution in [0.3, 0.4) is 0 Å². The van der Waals surface area contributed by atoms with Gasteiger partial charge in [0.25, 0.3) is 11.8 Å². The van der Waals surface area contributed by atoms with Crippen molar-refractivity contribution in [2.24, 2.45) is 4.99 Å². The van der Waals surface area contributed by atoms with Gasteiger partial charge in [0.05, 0.1) is 37.6 Å². The Kier molecular flexibility index (Phi) is 20.9. The van der Waals surface area contributed by atoms with E-state index in [-0.39, 0.29) is 116 Å². The molecule has 12 heteroatoms. The summed E-state index contributed by atoms with van der Waals surface area (Å²) in [5.41, 5.74) is 8.31. The van der Waals surface area contributed by atoms with Crippen molar-refractivity contribution in [1.29, 1.82) is 0 Å². The van der Waals surface area contributed by atoms with Crippen LogP contribution in [0, 0.1) is 58.5 Å². The first-order valence-electron chi connectivity index (χ1n) is 19.3. The van der Waals surface area contributed by atoms with Crippen molar-refractivity contribution in [2.75, 3.05) is 20.3 Å². The molecule has 2 amide bonds. The van der Waals surface area contributed by atoms with E-state index in [9.17, 15) is 14.4 Å². The summed E-state index contributed by atoms with van der Waals surface area (Å²) in [5.74, 6) is 1.74. The molecule has 0 fully saturated rings. The molecule has 4 aliphatic heterocycles. The first-order chi connectivity index (χ1) is 27.4. The second kappa shape index (κ2) is 24.5. The van der Waals surface area contributed by atoms with Crippen LogP contribution in [0.4, 0.5) is 5.69 Å². The normalized spacial score (nSPS) is 16.7. The Bertz CT molecular complexity index is 2180. The first-order valence-corrected chi connectivity index (χ1v) is 19.3. The summed E-state index contributed by atoms with van der Waals surface area (Å²) in [6, 6.07) is 28.6. The van der Waals surface area contributed by atoms with Crippen molar-refractivity contribution in [1.82, 2.24) is 9.80 Å². The molecule has 0 bridgehead atoms. The van der Waals surface area contributed by atoms with Crippen LogP contribution in [-0.4, -0.2) is 66.5 Å². The summed E-state index contributed by atoms with van der Waals surface area (Å²) in [6.45, 7) is 6.36. The van der Waals surface area contributed by atoms with Gasteiger partial charge >= 0.3 is 0 Å². The Labute approximate surface area is 418 Å². The number of benzene rings is 4. The zero-order chi connectivity index (χ0) is 39.0. The third-order valence-corrected chi connectivity index (χ3v) is 10.5. The molecule has 4 aromatic rings. The average molecular weight is 1270 g/mol. The van der Waals surface area contributed by atoms with Gasteiger partial charge < -0.3 is 43.2 Å². The Morgan fingerprint density at radius 1 is 0.850 bits per heavy atom. The minimum absolute atomic E-state index is 0. The van der Waals surface area contributed by atoms with Gasteiger partial charge in [0.15, 0.2) is 11.5 Å². The molecule has 0 saturated carbocycles. The molecule has 0 saturated heterocycles. The van der Waals surface area contributed by atoms with Crippen molar-refractivity contribution < 1.29 is 113 Å². The second-order valence-electron chi connectivity index (χ2n) is 14.3. The van der Waals surface area contributed by atoms with Gasteiger partial charge in [-0.3, -0.25) is 20.9 Å². The van der Waals surface area contributed by atoms with E-state index >= 15 is 0 Å². The van der Waals surface area contributed by atoms with Gasteiger partial charge in [-0.1, -0.05) is 30.3 Å². The van der Waals surface area contributed by atoms with Crippen molar-refractivity contribution in [3.05, 3.63) is 145 Å². The predicted molar refractivity (Wildman–Crippen MR) is 224 cm³/mol. The standard InChI is InChI=1S/C42H38N3O5.C5H8O.CH3.U.W.Y/c1-27-18-35-30(14-15-33-19-31(25-44(33)41(35)46)28-10-5-3-6-11-28)21-38(27)49-16-9-17-50-40-23-37-36(22-39(40)48-2)42(47)45-26-32(20-34(45)24-43-37)29-12-7-4-8-13-29;1-2-3-4-5-6;;;;/h4-8,10-13,18,21-26,33-34H,9,14-17,19-20H2,1-2H3;1-4H2;1H3;;;/q-1;-2;-1;;;/t33-,34+;;;;;/m1...../s1. The molecule has 0 spiro atoms. The van der Waals surface area contributed by atoms with Crippen molar-refractivity contribution in [3.8, 4) is 17.2 Å². The number of aryl methyl sites for hydroxylation is 2. The van der Waals surface area contributed by atoms with Crippen molar-refractivity contribution >= 4 is 41.1 Å². The minimum Gasteiger partial charge on any atom is -0.542 e. The van der Waals surface area contributed by atoms with Gasteiger partial charge in [-0.2, -0.15) is 43.2 Å². The van der Waals surface area contributed by atoms with E-state index in [1.54, 1.807) is 30.4 Å². The molecule has 0 N–H and O–H groups in total. The fraction of sp³-hybridized carbons (Fsp3) is 0.292. The smallest absolute Gasteiger partial charge is 0.260 e. The number of hydrogen-bond donors (Lipinski definition) is 0. The van der Waals surface area contributed by atoms with Gasteiger partial charge in [-0.25, -0.2) is 0 Å². The van der Waals surface area contributed by atoms with Crippen LogP contribution in [0.25, 0.3) is 11.1 Å². The fourth-order valence-electron chi connectivity index (χ4n) is 7.53. The number of fused-ring (bicyclic) bond motifs is 4. The maximum Gasteiger partial charge on any atom is 0.260 e. The molecule has 60 heavy (non-hydrogen) atoms. The molecule has 4 heterocycles. The minimum atomic E-state index is -0.146. The van der Waals surface area contributed by atoms with Gasteiger partial charge in [-0.15, -0.1) is 12.0 Å². The van der Waals surface area contributed by atoms with Crippen LogP contribution in [-0.2, 0) is 65.0 Å². The molecule has 0 aliphatic carbocycles. The van der Waals surface area contributed by atoms with E-state index in [4.69, 9.17) is 19.2 Å². The first kappa shape index (κ1) is 51.2. The van der Waals surface area contributed by atoms with Crippen LogP contribution in [0.1, 0.15) is 87.9 Å². The van der Waals surface area contributed by atoms with Crippen LogP contribution in [0.5, 0.6) is 17.2 Å². The molecule has 8 rings (SSSR count). The number of ether oxygens (including phenoxy) is 3. The molecular formula is C48H49N3O6UWY-4. The largest absolute Gasteiger partial charge is 0.542 e. The number of aliphatic imine (C=N–C) groups is 1. The van der Waals surface area contributed by atoms with E-state index < -0.39 is 0 Å². The Balaban J connectivity index is 0.000000898. The summed E-state index contributed by atoms with van der Waals surface area (Å²) in [5, 5.41) is 0. The maximum atomic E-state index is 13.7. The number of carbonyl (C=O) groups is 2. The number of rotatable bonds is 12. The molecule has 0 unspecified atom stereocenters. The van der Waals surface area contributed by atoms with Crippen LogP contribution in [0.2, 0.25) is 0 Å². The van der Waals surface area contributed by atoms with Crippen molar-refractivity contribution in [2.45, 2.75) is 70.4 Å². The Morgan fingerprint density at radius 3 is 2.20 bits per heavy atom. The zero-order valence-electron chi connectivity index (χ0n) is 34.4. The fourth-order valence-corrected chi connectivity index (χ4v) is 7.53. The molecule has 0 aromatic heterocycles. The maximum absolute atomic E-state index is 13.7. The molecule has 309 valence electrons. The van der Waals surface area contributed by atoms with Crippen LogP contribution < -0.4 is 14.2 Å². The van der Waals surface area contributed by atoms with E-state index in [1.165, 1.54) is 5.57 Å². The van der Waals surface area contributed by atoms with Crippen LogP contribution in [0.15, 0.2) is 96.3 Å². The molecule has 4 aliphatic rings. The molecule has 9 nitrogen and oxygen atoms in total. The molecule has 2 atom stereocenters. The van der Waals surface area contributed by atoms with E-state index in [2.05, 4.69) is 37.3 Å².